The maximum Gasteiger partial charge on any atom is 0.500 e. The van der Waals surface area contributed by atoms with E-state index in [2.05, 4.69) is 29.3 Å². The lowest BCUT2D eigenvalue weighted by molar-refractivity contribution is 0.0708. The molecule has 1 aromatic carbocycles. The van der Waals surface area contributed by atoms with Gasteiger partial charge in [-0.1, -0.05) is 36.4 Å². The molecule has 0 spiro atoms. The number of primary amides is 1. The zero-order chi connectivity index (χ0) is 30.1. The molecule has 0 bridgehead atoms. The molecule has 0 saturated carbocycles. The van der Waals surface area contributed by atoms with Gasteiger partial charge < -0.3 is 48.7 Å². The summed E-state index contributed by atoms with van der Waals surface area (Å²) in [5.74, 6) is 0. The van der Waals surface area contributed by atoms with E-state index in [9.17, 15) is 4.79 Å². The van der Waals surface area contributed by atoms with Crippen LogP contribution in [0.1, 0.15) is 51.6 Å². The summed E-state index contributed by atoms with van der Waals surface area (Å²) in [5.41, 5.74) is 11.7. The quantitative estimate of drug-likeness (QED) is 0.0838. The Hall–Kier alpha value is -1.66. The van der Waals surface area contributed by atoms with Crippen molar-refractivity contribution in [3.63, 3.8) is 0 Å². The summed E-state index contributed by atoms with van der Waals surface area (Å²) in [5, 5.41) is 6.03. The standard InChI is InChI=1S/C17H30N2O3Si.C10H24N2O4Si/c1-4-17(16-10-6-5-7-11-16)19-13-9-15-23(20-2,21-3)22-14-8-12-18;1-4-14-17(15-5-2,16-6-3)9-7-8-12-10(11)13/h4-7,10-11,17,19H,1,8-9,12-15,18H2,2-3H3;4-9H2,1-3H3,(H3,11,12,13). The number of benzene rings is 1. The van der Waals surface area contributed by atoms with Crippen LogP contribution in [0.15, 0.2) is 43.0 Å². The third-order valence-electron chi connectivity index (χ3n) is 5.76. The Balaban J connectivity index is 0.000000799. The molecule has 13 heteroatoms. The van der Waals surface area contributed by atoms with E-state index in [1.54, 1.807) is 14.2 Å². The first kappa shape index (κ1) is 38.3. The molecule has 0 heterocycles. The Morgan fingerprint density at radius 3 is 1.93 bits per heavy atom. The first-order valence-corrected chi connectivity index (χ1v) is 18.0. The fourth-order valence-electron chi connectivity index (χ4n) is 3.87. The van der Waals surface area contributed by atoms with Crippen LogP contribution in [0.3, 0.4) is 0 Å². The molecule has 6 N–H and O–H groups in total. The number of rotatable bonds is 23. The minimum Gasteiger partial charge on any atom is -0.377 e. The first-order chi connectivity index (χ1) is 19.3. The molecule has 1 atom stereocenters. The van der Waals surface area contributed by atoms with Crippen LogP contribution >= 0.6 is 0 Å². The first-order valence-electron chi connectivity index (χ1n) is 14.1. The van der Waals surface area contributed by atoms with Crippen molar-refractivity contribution in [3.05, 3.63) is 48.6 Å². The fourth-order valence-corrected chi connectivity index (χ4v) is 8.50. The predicted molar refractivity (Wildman–Crippen MR) is 164 cm³/mol. The van der Waals surface area contributed by atoms with Gasteiger partial charge in [-0.25, -0.2) is 4.79 Å². The van der Waals surface area contributed by atoms with E-state index in [0.29, 0.717) is 45.6 Å². The Kier molecular flexibility index (Phi) is 23.0. The number of urea groups is 1. The van der Waals surface area contributed by atoms with Gasteiger partial charge in [-0.05, 0) is 58.7 Å². The van der Waals surface area contributed by atoms with Crippen molar-refractivity contribution in [3.8, 4) is 0 Å². The summed E-state index contributed by atoms with van der Waals surface area (Å²) in [6, 6.07) is 11.4. The van der Waals surface area contributed by atoms with Crippen LogP contribution < -0.4 is 22.1 Å². The molecule has 0 radical (unpaired) electrons. The van der Waals surface area contributed by atoms with Crippen LogP contribution in [0.2, 0.25) is 12.1 Å². The highest BCUT2D eigenvalue weighted by molar-refractivity contribution is 6.61. The van der Waals surface area contributed by atoms with Gasteiger partial charge in [0.15, 0.2) is 0 Å². The number of hydrogen-bond donors (Lipinski definition) is 4. The van der Waals surface area contributed by atoms with Gasteiger partial charge >= 0.3 is 23.6 Å². The van der Waals surface area contributed by atoms with Crippen molar-refractivity contribution >= 4 is 23.6 Å². The Morgan fingerprint density at radius 2 is 1.45 bits per heavy atom. The van der Waals surface area contributed by atoms with Gasteiger partial charge in [0.1, 0.15) is 0 Å². The third kappa shape index (κ3) is 16.6. The van der Waals surface area contributed by atoms with Crippen LogP contribution in [0.5, 0.6) is 0 Å². The molecular weight excluding hydrogens is 548 g/mol. The second-order valence-corrected chi connectivity index (χ2v) is 14.3. The normalized spacial score (nSPS) is 12.3. The number of amides is 2. The molecule has 232 valence electrons. The van der Waals surface area contributed by atoms with Gasteiger partial charge in [0.25, 0.3) is 0 Å². The largest absolute Gasteiger partial charge is 0.500 e. The van der Waals surface area contributed by atoms with Crippen molar-refractivity contribution in [1.82, 2.24) is 10.6 Å². The number of nitrogens with two attached hydrogens (primary N) is 2. The van der Waals surface area contributed by atoms with Gasteiger partial charge in [-0.2, -0.15) is 0 Å². The second kappa shape index (κ2) is 24.0. The summed E-state index contributed by atoms with van der Waals surface area (Å²) >= 11 is 0. The molecule has 1 aromatic rings. The summed E-state index contributed by atoms with van der Waals surface area (Å²) in [6.07, 6.45) is 4.37. The van der Waals surface area contributed by atoms with Crippen molar-refractivity contribution in [2.75, 3.05) is 60.3 Å². The number of nitrogens with one attached hydrogen (secondary N) is 2. The molecule has 11 nitrogen and oxygen atoms in total. The topological polar surface area (TPSA) is 149 Å². The monoisotopic (exact) mass is 602 g/mol. The van der Waals surface area contributed by atoms with Crippen molar-refractivity contribution in [2.24, 2.45) is 11.5 Å². The van der Waals surface area contributed by atoms with Crippen LogP contribution in [-0.2, 0) is 26.6 Å². The van der Waals surface area contributed by atoms with Gasteiger partial charge in [-0.3, -0.25) is 0 Å². The van der Waals surface area contributed by atoms with E-state index in [-0.39, 0.29) is 6.04 Å². The summed E-state index contributed by atoms with van der Waals surface area (Å²) < 4.78 is 34.0. The lowest BCUT2D eigenvalue weighted by Gasteiger charge is -2.28. The van der Waals surface area contributed by atoms with Crippen LogP contribution in [0, 0.1) is 0 Å². The average Bonchev–Trinajstić information content (AvgIpc) is 2.96. The van der Waals surface area contributed by atoms with E-state index < -0.39 is 23.6 Å². The third-order valence-corrected chi connectivity index (χ3v) is 11.8. The highest BCUT2D eigenvalue weighted by Gasteiger charge is 2.39. The lowest BCUT2D eigenvalue weighted by Crippen LogP contribution is -2.46. The highest BCUT2D eigenvalue weighted by atomic mass is 28.4. The van der Waals surface area contributed by atoms with Crippen molar-refractivity contribution in [1.29, 1.82) is 0 Å². The maximum absolute atomic E-state index is 10.5. The van der Waals surface area contributed by atoms with Crippen LogP contribution in [0.25, 0.3) is 0 Å². The Bertz CT molecular complexity index is 745. The zero-order valence-electron chi connectivity index (χ0n) is 25.2. The number of carbonyl (C=O) groups excluding carboxylic acids is 1. The molecule has 1 unspecified atom stereocenters. The van der Waals surface area contributed by atoms with Gasteiger partial charge in [0.2, 0.25) is 0 Å². The van der Waals surface area contributed by atoms with E-state index in [1.165, 1.54) is 5.56 Å². The molecule has 40 heavy (non-hydrogen) atoms. The average molecular weight is 603 g/mol. The predicted octanol–water partition coefficient (Wildman–Crippen LogP) is 3.58. The van der Waals surface area contributed by atoms with Crippen LogP contribution in [-0.4, -0.2) is 83.9 Å². The molecule has 0 fully saturated rings. The summed E-state index contributed by atoms with van der Waals surface area (Å²) in [6.45, 7) is 13.9. The Labute approximate surface area is 244 Å². The van der Waals surface area contributed by atoms with Gasteiger partial charge in [0.05, 0.1) is 6.04 Å². The van der Waals surface area contributed by atoms with Crippen molar-refractivity contribution in [2.45, 2.75) is 58.2 Å². The van der Waals surface area contributed by atoms with Crippen molar-refractivity contribution < 1.29 is 31.4 Å². The molecule has 2 amide bonds. The number of carbonyl (C=O) groups is 1. The molecule has 0 aliphatic rings. The molecule has 0 aliphatic carbocycles. The van der Waals surface area contributed by atoms with Crippen LogP contribution in [0.4, 0.5) is 4.79 Å². The Morgan fingerprint density at radius 1 is 0.900 bits per heavy atom. The minimum atomic E-state index is -2.56. The molecular formula is C27H54N4O7Si2. The molecule has 0 saturated heterocycles. The lowest BCUT2D eigenvalue weighted by atomic mass is 10.1. The fraction of sp³-hybridized carbons (Fsp3) is 0.667. The molecule has 0 aliphatic heterocycles. The smallest absolute Gasteiger partial charge is 0.377 e. The minimum absolute atomic E-state index is 0.149. The summed E-state index contributed by atoms with van der Waals surface area (Å²) in [7, 11) is -1.81. The highest BCUT2D eigenvalue weighted by Crippen LogP contribution is 2.19. The van der Waals surface area contributed by atoms with E-state index in [1.807, 2.05) is 45.0 Å². The van der Waals surface area contributed by atoms with E-state index >= 15 is 0 Å². The van der Waals surface area contributed by atoms with E-state index in [0.717, 1.165) is 31.9 Å². The molecule has 1 rings (SSSR count). The number of hydrogen-bond acceptors (Lipinski definition) is 9. The van der Waals surface area contributed by atoms with Gasteiger partial charge in [-0.15, -0.1) is 6.58 Å². The zero-order valence-corrected chi connectivity index (χ0v) is 27.2. The molecule has 0 aromatic heterocycles. The maximum atomic E-state index is 10.5. The summed E-state index contributed by atoms with van der Waals surface area (Å²) in [4.78, 5) is 10.5. The second-order valence-electron chi connectivity index (χ2n) is 8.64. The SMILES string of the molecule is C=CC(NCCC[Si](OC)(OC)OCCCN)c1ccccc1.CCO[Si](CCCNC(N)=O)(OCC)OCC. The van der Waals surface area contributed by atoms with Gasteiger partial charge in [0, 0.05) is 59.3 Å². The van der Waals surface area contributed by atoms with E-state index in [4.69, 9.17) is 38.0 Å².